The van der Waals surface area contributed by atoms with E-state index in [0.29, 0.717) is 24.4 Å². The van der Waals surface area contributed by atoms with E-state index in [1.54, 1.807) is 41.3 Å². The zero-order chi connectivity index (χ0) is 22.9. The van der Waals surface area contributed by atoms with E-state index in [1.165, 1.54) is 31.4 Å². The SMILES string of the molecule is COc1ccccc1C1=NS(=O)(=O)N(C)C(C(=O)N2CCN(C(=O)c3ccco3)CC2)=C1. The van der Waals surface area contributed by atoms with Gasteiger partial charge < -0.3 is 19.0 Å². The van der Waals surface area contributed by atoms with Gasteiger partial charge in [-0.1, -0.05) is 12.1 Å². The zero-order valence-corrected chi connectivity index (χ0v) is 18.4. The topological polar surface area (TPSA) is 113 Å². The van der Waals surface area contributed by atoms with Gasteiger partial charge in [-0.25, -0.2) is 4.31 Å². The van der Waals surface area contributed by atoms with Crippen molar-refractivity contribution in [3.05, 3.63) is 65.8 Å². The number of ether oxygens (including phenoxy) is 1. The average molecular weight is 458 g/mol. The number of likely N-dealkylation sites (N-methyl/N-ethyl adjacent to an activating group) is 1. The minimum absolute atomic E-state index is 0.0216. The number of para-hydroxylation sites is 1. The molecule has 1 aromatic carbocycles. The Hall–Kier alpha value is -3.60. The molecule has 1 fully saturated rings. The second-order valence-corrected chi connectivity index (χ2v) is 8.84. The lowest BCUT2D eigenvalue weighted by molar-refractivity contribution is -0.129. The van der Waals surface area contributed by atoms with Gasteiger partial charge in [-0.05, 0) is 30.3 Å². The predicted octanol–water partition coefficient (Wildman–Crippen LogP) is 1.14. The summed E-state index contributed by atoms with van der Waals surface area (Å²) in [5.41, 5.74) is 0.563. The average Bonchev–Trinajstić information content (AvgIpc) is 3.35. The van der Waals surface area contributed by atoms with Gasteiger partial charge in [-0.15, -0.1) is 4.40 Å². The van der Waals surface area contributed by atoms with Crippen LogP contribution in [0.1, 0.15) is 16.1 Å². The van der Waals surface area contributed by atoms with Crippen molar-refractivity contribution in [2.75, 3.05) is 40.3 Å². The number of rotatable bonds is 4. The summed E-state index contributed by atoms with van der Waals surface area (Å²) in [6.45, 7) is 1.14. The minimum atomic E-state index is -4.10. The number of nitrogens with zero attached hydrogens (tertiary/aromatic N) is 4. The maximum absolute atomic E-state index is 13.2. The van der Waals surface area contributed by atoms with Gasteiger partial charge in [0.2, 0.25) is 0 Å². The number of furan rings is 1. The first-order valence-electron chi connectivity index (χ1n) is 9.88. The van der Waals surface area contributed by atoms with Crippen LogP contribution in [0, 0.1) is 0 Å². The van der Waals surface area contributed by atoms with Gasteiger partial charge >= 0.3 is 10.2 Å². The third-order valence-corrected chi connectivity index (χ3v) is 6.68. The van der Waals surface area contributed by atoms with Crippen LogP contribution in [0.4, 0.5) is 0 Å². The van der Waals surface area contributed by atoms with Crippen LogP contribution < -0.4 is 4.74 Å². The first kappa shape index (κ1) is 21.6. The molecule has 2 amide bonds. The molecule has 0 saturated carbocycles. The third kappa shape index (κ3) is 3.98. The Bertz CT molecular complexity index is 1190. The highest BCUT2D eigenvalue weighted by Crippen LogP contribution is 2.26. The minimum Gasteiger partial charge on any atom is -0.496 e. The molecular formula is C21H22N4O6S. The quantitative estimate of drug-likeness (QED) is 0.679. The van der Waals surface area contributed by atoms with E-state index in [0.717, 1.165) is 4.31 Å². The Morgan fingerprint density at radius 3 is 2.28 bits per heavy atom. The molecule has 0 aliphatic carbocycles. The Balaban J connectivity index is 1.55. The van der Waals surface area contributed by atoms with Crippen molar-refractivity contribution in [3.63, 3.8) is 0 Å². The Kier molecular flexibility index (Phi) is 5.74. The summed E-state index contributed by atoms with van der Waals surface area (Å²) in [7, 11) is -1.33. The third-order valence-electron chi connectivity index (χ3n) is 5.36. The fraction of sp³-hybridized carbons (Fsp3) is 0.286. The number of allylic oxidation sites excluding steroid dienone is 1. The van der Waals surface area contributed by atoms with Crippen LogP contribution in [0.15, 0.2) is 63.2 Å². The van der Waals surface area contributed by atoms with Gasteiger partial charge in [0.25, 0.3) is 11.8 Å². The summed E-state index contributed by atoms with van der Waals surface area (Å²) < 4.78 is 40.5. The summed E-state index contributed by atoms with van der Waals surface area (Å²) >= 11 is 0. The molecule has 11 heteroatoms. The smallest absolute Gasteiger partial charge is 0.345 e. The number of methoxy groups -OCH3 is 1. The number of carbonyl (C=O) groups excluding carboxylic acids is 2. The molecule has 2 aliphatic rings. The molecule has 0 atom stereocenters. The molecule has 0 radical (unpaired) electrons. The van der Waals surface area contributed by atoms with Gasteiger partial charge in [0.1, 0.15) is 11.4 Å². The molecule has 1 aromatic heterocycles. The fourth-order valence-electron chi connectivity index (χ4n) is 3.57. The summed E-state index contributed by atoms with van der Waals surface area (Å²) in [5.74, 6) is -0.0184. The molecule has 0 spiro atoms. The monoisotopic (exact) mass is 458 g/mol. The second kappa shape index (κ2) is 8.50. The molecule has 0 N–H and O–H groups in total. The van der Waals surface area contributed by atoms with Crippen LogP contribution in [0.5, 0.6) is 5.75 Å². The number of hydrogen-bond donors (Lipinski definition) is 0. The lowest BCUT2D eigenvalue weighted by Crippen LogP contribution is -2.52. The van der Waals surface area contributed by atoms with E-state index in [1.807, 2.05) is 0 Å². The van der Waals surface area contributed by atoms with Crippen molar-refractivity contribution in [3.8, 4) is 5.75 Å². The fourth-order valence-corrected chi connectivity index (χ4v) is 4.47. The maximum atomic E-state index is 13.2. The second-order valence-electron chi connectivity index (χ2n) is 7.21. The van der Waals surface area contributed by atoms with Crippen LogP contribution >= 0.6 is 0 Å². The van der Waals surface area contributed by atoms with Crippen molar-refractivity contribution in [2.24, 2.45) is 4.40 Å². The highest BCUT2D eigenvalue weighted by Gasteiger charge is 2.34. The highest BCUT2D eigenvalue weighted by atomic mass is 32.2. The summed E-state index contributed by atoms with van der Waals surface area (Å²) in [6, 6.07) is 10.1. The van der Waals surface area contributed by atoms with Gasteiger partial charge in [0.15, 0.2) is 5.76 Å². The lowest BCUT2D eigenvalue weighted by Gasteiger charge is -2.36. The number of carbonyl (C=O) groups is 2. The maximum Gasteiger partial charge on any atom is 0.345 e. The van der Waals surface area contributed by atoms with Crippen molar-refractivity contribution >= 4 is 27.7 Å². The molecule has 168 valence electrons. The summed E-state index contributed by atoms with van der Waals surface area (Å²) in [5, 5.41) is 0. The van der Waals surface area contributed by atoms with Crippen molar-refractivity contribution in [1.29, 1.82) is 0 Å². The molecule has 32 heavy (non-hydrogen) atoms. The predicted molar refractivity (Wildman–Crippen MR) is 115 cm³/mol. The van der Waals surface area contributed by atoms with E-state index in [2.05, 4.69) is 4.40 Å². The Labute approximate surface area is 185 Å². The number of piperazine rings is 1. The van der Waals surface area contributed by atoms with E-state index in [-0.39, 0.29) is 36.2 Å². The van der Waals surface area contributed by atoms with Crippen LogP contribution in [-0.2, 0) is 15.0 Å². The van der Waals surface area contributed by atoms with E-state index in [9.17, 15) is 18.0 Å². The summed E-state index contributed by atoms with van der Waals surface area (Å²) in [6.07, 6.45) is 2.88. The van der Waals surface area contributed by atoms with Gasteiger partial charge in [-0.2, -0.15) is 8.42 Å². The molecule has 2 aliphatic heterocycles. The Morgan fingerprint density at radius 2 is 1.66 bits per heavy atom. The van der Waals surface area contributed by atoms with E-state index < -0.39 is 16.1 Å². The van der Waals surface area contributed by atoms with Gasteiger partial charge in [0, 0.05) is 38.8 Å². The molecule has 3 heterocycles. The van der Waals surface area contributed by atoms with Crippen molar-refractivity contribution in [2.45, 2.75) is 0 Å². The standard InChI is InChI=1S/C21H22N4O6S/c1-23-17(14-16(22-32(23,28)29)15-6-3-4-7-18(15)30-2)20(26)24-9-11-25(12-10-24)21(27)19-8-5-13-31-19/h3-8,13-14H,9-12H2,1-2H3. The molecule has 10 nitrogen and oxygen atoms in total. The van der Waals surface area contributed by atoms with Gasteiger partial charge in [0.05, 0.1) is 19.1 Å². The van der Waals surface area contributed by atoms with Crippen LogP contribution in [-0.4, -0.2) is 80.4 Å². The summed E-state index contributed by atoms with van der Waals surface area (Å²) in [4.78, 5) is 28.8. The molecule has 0 unspecified atom stereocenters. The first-order valence-corrected chi connectivity index (χ1v) is 11.3. The van der Waals surface area contributed by atoms with Gasteiger partial charge in [-0.3, -0.25) is 9.59 Å². The highest BCUT2D eigenvalue weighted by molar-refractivity contribution is 7.88. The molecule has 1 saturated heterocycles. The number of benzene rings is 1. The first-order chi connectivity index (χ1) is 15.3. The zero-order valence-electron chi connectivity index (χ0n) is 17.6. The largest absolute Gasteiger partial charge is 0.496 e. The number of hydrogen-bond acceptors (Lipinski definition) is 6. The van der Waals surface area contributed by atoms with Crippen LogP contribution in [0.3, 0.4) is 0 Å². The molecule has 2 aromatic rings. The molecular weight excluding hydrogens is 436 g/mol. The number of amides is 2. The normalized spacial score (nSPS) is 18.1. The Morgan fingerprint density at radius 1 is 1.00 bits per heavy atom. The lowest BCUT2D eigenvalue weighted by atomic mass is 10.1. The molecule has 0 bridgehead atoms. The van der Waals surface area contributed by atoms with Crippen LogP contribution in [0.25, 0.3) is 0 Å². The van der Waals surface area contributed by atoms with Crippen molar-refractivity contribution in [1.82, 2.24) is 14.1 Å². The van der Waals surface area contributed by atoms with Crippen molar-refractivity contribution < 1.29 is 27.2 Å². The van der Waals surface area contributed by atoms with Crippen LogP contribution in [0.2, 0.25) is 0 Å². The van der Waals surface area contributed by atoms with E-state index >= 15 is 0 Å². The molecule has 4 rings (SSSR count). The van der Waals surface area contributed by atoms with E-state index in [4.69, 9.17) is 9.15 Å².